The lowest BCUT2D eigenvalue weighted by Crippen LogP contribution is -2.34. The van der Waals surface area contributed by atoms with Crippen molar-refractivity contribution in [2.24, 2.45) is 11.8 Å². The maximum absolute atomic E-state index is 12.2. The number of anilines is 1. The summed E-state index contributed by atoms with van der Waals surface area (Å²) in [7, 11) is 0. The van der Waals surface area contributed by atoms with E-state index in [-0.39, 0.29) is 10.9 Å². The van der Waals surface area contributed by atoms with Gasteiger partial charge in [-0.3, -0.25) is 9.59 Å². The molecule has 0 saturated heterocycles. The van der Waals surface area contributed by atoms with Gasteiger partial charge in [-0.1, -0.05) is 41.4 Å². The van der Waals surface area contributed by atoms with Crippen LogP contribution in [0.25, 0.3) is 0 Å². The van der Waals surface area contributed by atoms with Gasteiger partial charge in [0.05, 0.1) is 27.6 Å². The molecule has 2 atom stereocenters. The van der Waals surface area contributed by atoms with Gasteiger partial charge in [0, 0.05) is 0 Å². The van der Waals surface area contributed by atoms with E-state index in [1.165, 1.54) is 0 Å². The summed E-state index contributed by atoms with van der Waals surface area (Å²) < 4.78 is 0. The molecule has 1 amide bonds. The van der Waals surface area contributed by atoms with Crippen LogP contribution in [-0.4, -0.2) is 17.0 Å². The molecule has 0 heterocycles. The number of carbonyl (C=O) groups excluding carboxylic acids is 1. The predicted molar refractivity (Wildman–Crippen MR) is 78.1 cm³/mol. The standard InChI is InChI=1S/C14H13Cl2NO3/c15-10-6-3-7-11(12(10)16)17-13(18)8-4-1-2-5-9(8)14(19)20/h1-3,6-9H,4-5H2,(H,17,18)(H,19,20)/t8-,9-/m1/s1. The number of carboxylic acid groups (broad SMARTS) is 1. The third-order valence-corrected chi connectivity index (χ3v) is 4.11. The Kier molecular flexibility index (Phi) is 4.68. The number of hydrogen-bond donors (Lipinski definition) is 2. The molecule has 1 aromatic rings. The average molecular weight is 314 g/mol. The topological polar surface area (TPSA) is 66.4 Å². The van der Waals surface area contributed by atoms with Gasteiger partial charge in [-0.05, 0) is 25.0 Å². The van der Waals surface area contributed by atoms with Crippen molar-refractivity contribution in [3.8, 4) is 0 Å². The van der Waals surface area contributed by atoms with Gasteiger partial charge in [0.25, 0.3) is 0 Å². The van der Waals surface area contributed by atoms with Crippen LogP contribution in [0.1, 0.15) is 12.8 Å². The second-order valence-electron chi connectivity index (χ2n) is 4.58. The molecule has 0 saturated carbocycles. The minimum absolute atomic E-state index is 0.251. The molecular weight excluding hydrogens is 301 g/mol. The van der Waals surface area contributed by atoms with E-state index in [2.05, 4.69) is 5.32 Å². The maximum atomic E-state index is 12.2. The molecule has 0 spiro atoms. The summed E-state index contributed by atoms with van der Waals surface area (Å²) in [4.78, 5) is 23.4. The van der Waals surface area contributed by atoms with E-state index in [4.69, 9.17) is 28.3 Å². The van der Waals surface area contributed by atoms with Crippen molar-refractivity contribution in [2.45, 2.75) is 12.8 Å². The zero-order valence-electron chi connectivity index (χ0n) is 10.5. The summed E-state index contributed by atoms with van der Waals surface area (Å²) in [5.74, 6) is -2.64. The number of halogens is 2. The van der Waals surface area contributed by atoms with Gasteiger partial charge in [0.15, 0.2) is 0 Å². The first-order chi connectivity index (χ1) is 9.50. The molecule has 4 nitrogen and oxygen atoms in total. The fraction of sp³-hybridized carbons (Fsp3) is 0.286. The summed E-state index contributed by atoms with van der Waals surface area (Å²) in [6.45, 7) is 0. The van der Waals surface area contributed by atoms with Gasteiger partial charge < -0.3 is 10.4 Å². The van der Waals surface area contributed by atoms with Gasteiger partial charge >= 0.3 is 5.97 Å². The molecule has 6 heteroatoms. The van der Waals surface area contributed by atoms with Crippen LogP contribution in [-0.2, 0) is 9.59 Å². The number of carbonyl (C=O) groups is 2. The SMILES string of the molecule is O=C(O)[C@@H]1CC=CC[C@H]1C(=O)Nc1cccc(Cl)c1Cl. The largest absolute Gasteiger partial charge is 0.481 e. The van der Waals surface area contributed by atoms with E-state index in [1.54, 1.807) is 24.3 Å². The zero-order valence-corrected chi connectivity index (χ0v) is 12.0. The van der Waals surface area contributed by atoms with Gasteiger partial charge in [-0.25, -0.2) is 0 Å². The number of hydrogen-bond acceptors (Lipinski definition) is 2. The van der Waals surface area contributed by atoms with E-state index in [1.807, 2.05) is 6.08 Å². The highest BCUT2D eigenvalue weighted by Crippen LogP contribution is 2.32. The van der Waals surface area contributed by atoms with Gasteiger partial charge in [0.1, 0.15) is 0 Å². The third kappa shape index (κ3) is 3.14. The molecular formula is C14H13Cl2NO3. The molecule has 0 aromatic heterocycles. The number of benzene rings is 1. The van der Waals surface area contributed by atoms with Gasteiger partial charge in [-0.15, -0.1) is 0 Å². The highest BCUT2D eigenvalue weighted by Gasteiger charge is 2.34. The summed E-state index contributed by atoms with van der Waals surface area (Å²) in [6.07, 6.45) is 4.37. The molecule has 0 unspecified atom stereocenters. The molecule has 1 aliphatic carbocycles. The fourth-order valence-electron chi connectivity index (χ4n) is 2.20. The van der Waals surface area contributed by atoms with Crippen LogP contribution in [0.2, 0.25) is 10.0 Å². The molecule has 20 heavy (non-hydrogen) atoms. The number of amides is 1. The molecule has 0 aliphatic heterocycles. The van der Waals surface area contributed by atoms with Crippen molar-refractivity contribution in [3.63, 3.8) is 0 Å². The average Bonchev–Trinajstić information content (AvgIpc) is 2.43. The Morgan fingerprint density at radius 1 is 1.15 bits per heavy atom. The molecule has 0 bridgehead atoms. The van der Waals surface area contributed by atoms with Crippen molar-refractivity contribution in [1.29, 1.82) is 0 Å². The monoisotopic (exact) mass is 313 g/mol. The van der Waals surface area contributed by atoms with E-state index in [9.17, 15) is 9.59 Å². The number of carboxylic acids is 1. The van der Waals surface area contributed by atoms with Crippen molar-refractivity contribution >= 4 is 40.8 Å². The van der Waals surface area contributed by atoms with Gasteiger partial charge in [-0.2, -0.15) is 0 Å². The number of aliphatic carboxylic acids is 1. The molecule has 0 radical (unpaired) electrons. The van der Waals surface area contributed by atoms with Crippen molar-refractivity contribution < 1.29 is 14.7 Å². The highest BCUT2D eigenvalue weighted by molar-refractivity contribution is 6.44. The van der Waals surface area contributed by atoms with Crippen molar-refractivity contribution in [2.75, 3.05) is 5.32 Å². The van der Waals surface area contributed by atoms with Crippen LogP contribution in [0.5, 0.6) is 0 Å². The first kappa shape index (κ1) is 14.9. The first-order valence-electron chi connectivity index (χ1n) is 6.13. The Morgan fingerprint density at radius 2 is 1.80 bits per heavy atom. The van der Waals surface area contributed by atoms with Crippen LogP contribution in [0, 0.1) is 11.8 Å². The number of nitrogens with one attached hydrogen (secondary N) is 1. The Bertz CT molecular complexity index is 572. The summed E-state index contributed by atoms with van der Waals surface area (Å²) >= 11 is 11.9. The lowest BCUT2D eigenvalue weighted by atomic mass is 9.82. The Balaban J connectivity index is 2.17. The molecule has 106 valence electrons. The highest BCUT2D eigenvalue weighted by atomic mass is 35.5. The van der Waals surface area contributed by atoms with Crippen LogP contribution in [0.15, 0.2) is 30.4 Å². The Hall–Kier alpha value is -1.52. The molecule has 2 rings (SSSR count). The van der Waals surface area contributed by atoms with Crippen LogP contribution < -0.4 is 5.32 Å². The van der Waals surface area contributed by atoms with Gasteiger partial charge in [0.2, 0.25) is 5.91 Å². The normalized spacial score (nSPS) is 21.5. The lowest BCUT2D eigenvalue weighted by Gasteiger charge is -2.24. The van der Waals surface area contributed by atoms with E-state index >= 15 is 0 Å². The lowest BCUT2D eigenvalue weighted by molar-refractivity contribution is -0.146. The predicted octanol–water partition coefficient (Wildman–Crippen LogP) is 3.60. The van der Waals surface area contributed by atoms with Crippen LogP contribution >= 0.6 is 23.2 Å². The number of allylic oxidation sites excluding steroid dienone is 2. The zero-order chi connectivity index (χ0) is 14.7. The minimum atomic E-state index is -0.966. The maximum Gasteiger partial charge on any atom is 0.307 e. The third-order valence-electron chi connectivity index (χ3n) is 3.30. The second kappa shape index (κ2) is 6.29. The molecule has 1 aromatic carbocycles. The minimum Gasteiger partial charge on any atom is -0.481 e. The molecule has 0 fully saturated rings. The summed E-state index contributed by atoms with van der Waals surface area (Å²) in [6, 6.07) is 4.91. The van der Waals surface area contributed by atoms with Crippen LogP contribution in [0.3, 0.4) is 0 Å². The summed E-state index contributed by atoms with van der Waals surface area (Å²) in [5, 5.41) is 12.4. The van der Waals surface area contributed by atoms with Crippen LogP contribution in [0.4, 0.5) is 5.69 Å². The first-order valence-corrected chi connectivity index (χ1v) is 6.89. The van der Waals surface area contributed by atoms with E-state index in [0.717, 1.165) is 0 Å². The second-order valence-corrected chi connectivity index (χ2v) is 5.37. The quantitative estimate of drug-likeness (QED) is 0.838. The van der Waals surface area contributed by atoms with E-state index in [0.29, 0.717) is 23.6 Å². The van der Waals surface area contributed by atoms with Crippen molar-refractivity contribution in [3.05, 3.63) is 40.4 Å². The Labute approximate surface area is 126 Å². The molecule has 2 N–H and O–H groups in total. The summed E-state index contributed by atoms with van der Waals surface area (Å²) in [5.41, 5.74) is 0.392. The molecule has 1 aliphatic rings. The van der Waals surface area contributed by atoms with Crippen molar-refractivity contribution in [1.82, 2.24) is 0 Å². The van der Waals surface area contributed by atoms with E-state index < -0.39 is 17.8 Å². The Morgan fingerprint density at radius 3 is 2.45 bits per heavy atom. The number of rotatable bonds is 3. The smallest absolute Gasteiger partial charge is 0.307 e. The fourth-order valence-corrected chi connectivity index (χ4v) is 2.55.